The largest absolute Gasteiger partial charge is 0.480 e. The average Bonchev–Trinajstić information content (AvgIpc) is 2.43. The molecule has 5 heteroatoms. The van der Waals surface area contributed by atoms with Crippen LogP contribution in [0, 0.1) is 0 Å². The van der Waals surface area contributed by atoms with E-state index in [1.807, 2.05) is 20.8 Å². The number of aliphatic carboxylic acids is 1. The van der Waals surface area contributed by atoms with Crippen LogP contribution in [0.3, 0.4) is 0 Å². The summed E-state index contributed by atoms with van der Waals surface area (Å²) < 4.78 is 5.45. The Balaban J connectivity index is 2.72. The summed E-state index contributed by atoms with van der Waals surface area (Å²) >= 11 is 0. The summed E-state index contributed by atoms with van der Waals surface area (Å²) in [5.41, 5.74) is -0.768. The average molecular weight is 300 g/mol. The lowest BCUT2D eigenvalue weighted by atomic mass is 9.78. The highest BCUT2D eigenvalue weighted by atomic mass is 16.5. The van der Waals surface area contributed by atoms with Gasteiger partial charge in [0.2, 0.25) is 0 Å². The highest BCUT2D eigenvalue weighted by molar-refractivity contribution is 5.79. The fourth-order valence-corrected chi connectivity index (χ4v) is 3.42. The van der Waals surface area contributed by atoms with Gasteiger partial charge in [-0.15, -0.1) is 0 Å². The smallest absolute Gasteiger partial charge is 0.323 e. The van der Waals surface area contributed by atoms with Crippen molar-refractivity contribution in [2.45, 2.75) is 71.0 Å². The lowest BCUT2D eigenvalue weighted by Gasteiger charge is -2.43. The molecule has 1 saturated carbocycles. The quantitative estimate of drug-likeness (QED) is 0.639. The van der Waals surface area contributed by atoms with Crippen LogP contribution in [0.4, 0.5) is 0 Å². The third-order valence-corrected chi connectivity index (χ3v) is 4.35. The SMILES string of the molecule is CCOCCN(CC)C1CCCC(NC(C)C)(C(=O)O)C1. The number of carboxylic acid groups (broad SMARTS) is 1. The second-order valence-electron chi connectivity index (χ2n) is 6.26. The lowest BCUT2D eigenvalue weighted by molar-refractivity contribution is -0.148. The number of carbonyl (C=O) groups is 1. The van der Waals surface area contributed by atoms with Crippen LogP contribution in [0.25, 0.3) is 0 Å². The fraction of sp³-hybridized carbons (Fsp3) is 0.938. The molecule has 0 aromatic carbocycles. The minimum Gasteiger partial charge on any atom is -0.480 e. The van der Waals surface area contributed by atoms with Gasteiger partial charge < -0.3 is 9.84 Å². The van der Waals surface area contributed by atoms with E-state index in [0.29, 0.717) is 12.5 Å². The molecule has 5 nitrogen and oxygen atoms in total. The van der Waals surface area contributed by atoms with Crippen molar-refractivity contribution in [1.29, 1.82) is 0 Å². The van der Waals surface area contributed by atoms with Gasteiger partial charge in [-0.2, -0.15) is 0 Å². The van der Waals surface area contributed by atoms with Crippen LogP contribution in [0.1, 0.15) is 53.4 Å². The zero-order chi connectivity index (χ0) is 15.9. The Bertz CT molecular complexity index is 323. The molecule has 0 amide bonds. The van der Waals surface area contributed by atoms with Crippen molar-refractivity contribution in [1.82, 2.24) is 10.2 Å². The van der Waals surface area contributed by atoms with Gasteiger partial charge in [0, 0.05) is 25.2 Å². The standard InChI is InChI=1S/C16H32N2O3/c1-5-18(10-11-21-6-2)14-8-7-9-16(12-14,15(19)20)17-13(3)4/h13-14,17H,5-12H2,1-4H3,(H,19,20). The normalized spacial score (nSPS) is 26.5. The molecule has 0 heterocycles. The molecule has 0 spiro atoms. The summed E-state index contributed by atoms with van der Waals surface area (Å²) in [6.45, 7) is 11.4. The molecule has 21 heavy (non-hydrogen) atoms. The molecule has 0 saturated heterocycles. The van der Waals surface area contributed by atoms with Crippen molar-refractivity contribution in [2.24, 2.45) is 0 Å². The van der Waals surface area contributed by atoms with Crippen molar-refractivity contribution in [2.75, 3.05) is 26.3 Å². The zero-order valence-electron chi connectivity index (χ0n) is 14.0. The Labute approximate surface area is 129 Å². The van der Waals surface area contributed by atoms with Crippen LogP contribution < -0.4 is 5.32 Å². The summed E-state index contributed by atoms with van der Waals surface area (Å²) in [4.78, 5) is 14.2. The molecule has 124 valence electrons. The van der Waals surface area contributed by atoms with Crippen molar-refractivity contribution < 1.29 is 14.6 Å². The van der Waals surface area contributed by atoms with Gasteiger partial charge in [-0.1, -0.05) is 6.92 Å². The third-order valence-electron chi connectivity index (χ3n) is 4.35. The topological polar surface area (TPSA) is 61.8 Å². The van der Waals surface area contributed by atoms with Gasteiger partial charge in [0.1, 0.15) is 5.54 Å². The fourth-order valence-electron chi connectivity index (χ4n) is 3.42. The molecule has 0 radical (unpaired) electrons. The predicted octanol–water partition coefficient (Wildman–Crippen LogP) is 2.11. The Kier molecular flexibility index (Phi) is 7.63. The summed E-state index contributed by atoms with van der Waals surface area (Å²) in [7, 11) is 0. The monoisotopic (exact) mass is 300 g/mol. The minimum atomic E-state index is -0.768. The van der Waals surface area contributed by atoms with E-state index in [1.165, 1.54) is 0 Å². The Morgan fingerprint density at radius 2 is 2.19 bits per heavy atom. The molecular weight excluding hydrogens is 268 g/mol. The van der Waals surface area contributed by atoms with E-state index in [0.717, 1.165) is 45.6 Å². The molecule has 2 atom stereocenters. The predicted molar refractivity (Wildman–Crippen MR) is 84.6 cm³/mol. The molecule has 0 bridgehead atoms. The van der Waals surface area contributed by atoms with E-state index < -0.39 is 11.5 Å². The summed E-state index contributed by atoms with van der Waals surface area (Å²) in [6.07, 6.45) is 3.44. The van der Waals surface area contributed by atoms with Gasteiger partial charge in [-0.25, -0.2) is 0 Å². The van der Waals surface area contributed by atoms with E-state index in [-0.39, 0.29) is 6.04 Å². The number of nitrogens with zero attached hydrogens (tertiary/aromatic N) is 1. The summed E-state index contributed by atoms with van der Waals surface area (Å²) in [6, 6.07) is 0.505. The molecule has 1 aliphatic rings. The van der Waals surface area contributed by atoms with Gasteiger partial charge in [-0.05, 0) is 53.0 Å². The molecule has 0 aliphatic heterocycles. The first kappa shape index (κ1) is 18.4. The first-order chi connectivity index (χ1) is 9.95. The molecule has 0 aromatic heterocycles. The molecule has 2 N–H and O–H groups in total. The van der Waals surface area contributed by atoms with Crippen LogP contribution in [0.2, 0.25) is 0 Å². The molecule has 0 aromatic rings. The maximum Gasteiger partial charge on any atom is 0.323 e. The van der Waals surface area contributed by atoms with Gasteiger partial charge in [0.25, 0.3) is 0 Å². The number of hydrogen-bond donors (Lipinski definition) is 2. The number of hydrogen-bond acceptors (Lipinski definition) is 4. The number of ether oxygens (including phenoxy) is 1. The number of nitrogens with one attached hydrogen (secondary N) is 1. The number of likely N-dealkylation sites (N-methyl/N-ethyl adjacent to an activating group) is 1. The second kappa shape index (κ2) is 8.71. The second-order valence-corrected chi connectivity index (χ2v) is 6.26. The van der Waals surface area contributed by atoms with E-state index in [4.69, 9.17) is 4.74 Å². The van der Waals surface area contributed by atoms with Crippen LogP contribution >= 0.6 is 0 Å². The molecular formula is C16H32N2O3. The first-order valence-corrected chi connectivity index (χ1v) is 8.28. The van der Waals surface area contributed by atoms with Crippen LogP contribution in [0.5, 0.6) is 0 Å². The summed E-state index contributed by atoms with van der Waals surface area (Å²) in [5.74, 6) is -0.707. The van der Waals surface area contributed by atoms with Crippen molar-refractivity contribution in [3.8, 4) is 0 Å². The van der Waals surface area contributed by atoms with E-state index >= 15 is 0 Å². The van der Waals surface area contributed by atoms with Crippen molar-refractivity contribution >= 4 is 5.97 Å². The first-order valence-electron chi connectivity index (χ1n) is 8.28. The third kappa shape index (κ3) is 5.24. The van der Waals surface area contributed by atoms with Crippen molar-refractivity contribution in [3.63, 3.8) is 0 Å². The Morgan fingerprint density at radius 3 is 2.71 bits per heavy atom. The van der Waals surface area contributed by atoms with Gasteiger partial charge in [-0.3, -0.25) is 15.0 Å². The van der Waals surface area contributed by atoms with Crippen LogP contribution in [-0.4, -0.2) is 59.9 Å². The van der Waals surface area contributed by atoms with Crippen molar-refractivity contribution in [3.05, 3.63) is 0 Å². The maximum absolute atomic E-state index is 11.8. The summed E-state index contributed by atoms with van der Waals surface area (Å²) in [5, 5.41) is 13.0. The lowest BCUT2D eigenvalue weighted by Crippen LogP contribution is -2.60. The number of rotatable bonds is 9. The van der Waals surface area contributed by atoms with E-state index in [1.54, 1.807) is 0 Å². The van der Waals surface area contributed by atoms with E-state index in [9.17, 15) is 9.90 Å². The maximum atomic E-state index is 11.8. The zero-order valence-corrected chi connectivity index (χ0v) is 14.0. The van der Waals surface area contributed by atoms with Crippen LogP contribution in [-0.2, 0) is 9.53 Å². The molecule has 1 rings (SSSR count). The minimum absolute atomic E-state index is 0.179. The Hall–Kier alpha value is -0.650. The highest BCUT2D eigenvalue weighted by Crippen LogP contribution is 2.32. The van der Waals surface area contributed by atoms with Crippen LogP contribution in [0.15, 0.2) is 0 Å². The Morgan fingerprint density at radius 1 is 1.48 bits per heavy atom. The number of carboxylic acids is 1. The van der Waals surface area contributed by atoms with Gasteiger partial charge in [0.05, 0.1) is 6.61 Å². The van der Waals surface area contributed by atoms with E-state index in [2.05, 4.69) is 17.1 Å². The van der Waals surface area contributed by atoms with Gasteiger partial charge >= 0.3 is 5.97 Å². The molecule has 2 unspecified atom stereocenters. The highest BCUT2D eigenvalue weighted by Gasteiger charge is 2.44. The van der Waals surface area contributed by atoms with Gasteiger partial charge in [0.15, 0.2) is 0 Å². The molecule has 1 fully saturated rings. The molecule has 1 aliphatic carbocycles.